The lowest BCUT2D eigenvalue weighted by Crippen LogP contribution is -2.19. The Morgan fingerprint density at radius 3 is 2.00 bits per heavy atom. The second-order valence-corrected chi connectivity index (χ2v) is 4.99. The van der Waals surface area contributed by atoms with Gasteiger partial charge in [-0.3, -0.25) is 12.9 Å². The van der Waals surface area contributed by atoms with Crippen molar-refractivity contribution in [2.24, 2.45) is 0 Å². The van der Waals surface area contributed by atoms with Crippen LogP contribution in [0.3, 0.4) is 0 Å². The lowest BCUT2D eigenvalue weighted by atomic mass is 9.98. The van der Waals surface area contributed by atoms with Crippen LogP contribution in [0.25, 0.3) is 0 Å². The Balaban J connectivity index is 0.000000357. The van der Waals surface area contributed by atoms with Crippen LogP contribution in [0.15, 0.2) is 28.7 Å². The van der Waals surface area contributed by atoms with E-state index in [4.69, 9.17) is 4.74 Å². The fourth-order valence-corrected chi connectivity index (χ4v) is 2.15. The Hall–Kier alpha value is -0.645. The van der Waals surface area contributed by atoms with Crippen molar-refractivity contribution in [3.63, 3.8) is 0 Å². The fourth-order valence-electron chi connectivity index (χ4n) is 1.89. The van der Waals surface area contributed by atoms with Crippen LogP contribution in [0.4, 0.5) is 12.9 Å². The molecule has 0 atom stereocenters. The summed E-state index contributed by atoms with van der Waals surface area (Å²) in [5, 5.41) is 0. The van der Waals surface area contributed by atoms with Crippen molar-refractivity contribution in [1.82, 2.24) is 0 Å². The van der Waals surface area contributed by atoms with Gasteiger partial charge >= 0.3 is 7.54 Å². The van der Waals surface area contributed by atoms with Gasteiger partial charge in [0.2, 0.25) is 0 Å². The molecule has 1 saturated carbocycles. The number of hydrogen-bond acceptors (Lipinski definition) is 1. The van der Waals surface area contributed by atoms with Crippen LogP contribution >= 0.6 is 15.9 Å². The molecule has 1 aromatic carbocycles. The molecule has 0 N–H and O–H groups in total. The number of hydrogen-bond donors (Lipinski definition) is 0. The second kappa shape index (κ2) is 8.46. The summed E-state index contributed by atoms with van der Waals surface area (Å²) in [6.45, 7) is 0. The van der Waals surface area contributed by atoms with Gasteiger partial charge in [0.25, 0.3) is 0 Å². The lowest BCUT2D eigenvalue weighted by molar-refractivity contribution is 0.155. The van der Waals surface area contributed by atoms with Crippen molar-refractivity contribution in [2.45, 2.75) is 38.2 Å². The van der Waals surface area contributed by atoms with Gasteiger partial charge in [0, 0.05) is 4.47 Å². The van der Waals surface area contributed by atoms with Gasteiger partial charge in [-0.15, -0.1) is 0 Å². The summed E-state index contributed by atoms with van der Waals surface area (Å²) >= 11 is 3.42. The van der Waals surface area contributed by atoms with Crippen molar-refractivity contribution in [2.75, 3.05) is 0 Å². The lowest BCUT2D eigenvalue weighted by Gasteiger charge is -2.22. The molecule has 100 valence electrons. The van der Waals surface area contributed by atoms with E-state index in [9.17, 15) is 12.9 Å². The Morgan fingerprint density at radius 1 is 1.00 bits per heavy atom. The van der Waals surface area contributed by atoms with Crippen LogP contribution in [0.1, 0.15) is 32.1 Å². The molecule has 0 saturated heterocycles. The standard InChI is InChI=1S/C12H15BrO.BF3/c13-10-6-8-12(9-7-10)14-11-4-2-1-3-5-11;2-1(3)4/h6-9,11H,1-5H2;. The van der Waals surface area contributed by atoms with E-state index in [1.165, 1.54) is 32.1 Å². The highest BCUT2D eigenvalue weighted by Gasteiger charge is 2.14. The van der Waals surface area contributed by atoms with E-state index in [1.54, 1.807) is 0 Å². The molecular weight excluding hydrogens is 308 g/mol. The van der Waals surface area contributed by atoms with Crippen LogP contribution in [-0.2, 0) is 0 Å². The maximum atomic E-state index is 9.67. The molecule has 6 heteroatoms. The summed E-state index contributed by atoms with van der Waals surface area (Å²) < 4.78 is 36.0. The van der Waals surface area contributed by atoms with Gasteiger partial charge in [-0.1, -0.05) is 22.4 Å². The summed E-state index contributed by atoms with van der Waals surface area (Å²) in [4.78, 5) is 0. The molecule has 1 aliphatic rings. The molecular formula is C12H15BBrF3O. The first-order valence-electron chi connectivity index (χ1n) is 5.92. The van der Waals surface area contributed by atoms with Crippen molar-refractivity contribution in [3.05, 3.63) is 28.7 Å². The van der Waals surface area contributed by atoms with Gasteiger partial charge in [-0.25, -0.2) is 0 Å². The number of rotatable bonds is 2. The average molecular weight is 323 g/mol. The molecule has 0 radical (unpaired) electrons. The van der Waals surface area contributed by atoms with Gasteiger partial charge in [-0.05, 0) is 49.9 Å². The minimum atomic E-state index is -3.67. The van der Waals surface area contributed by atoms with Crippen molar-refractivity contribution < 1.29 is 17.7 Å². The van der Waals surface area contributed by atoms with Crippen LogP contribution in [0, 0.1) is 0 Å². The molecule has 0 amide bonds. The number of halogens is 4. The third kappa shape index (κ3) is 6.94. The van der Waals surface area contributed by atoms with E-state index in [-0.39, 0.29) is 0 Å². The highest BCUT2D eigenvalue weighted by atomic mass is 79.9. The van der Waals surface area contributed by atoms with Crippen LogP contribution in [0.5, 0.6) is 5.75 Å². The molecule has 1 aromatic rings. The summed E-state index contributed by atoms with van der Waals surface area (Å²) in [6, 6.07) is 8.10. The molecule has 1 fully saturated rings. The number of benzene rings is 1. The fraction of sp³-hybridized carbons (Fsp3) is 0.500. The molecule has 0 heterocycles. The van der Waals surface area contributed by atoms with Crippen LogP contribution in [-0.4, -0.2) is 13.6 Å². The summed E-state index contributed by atoms with van der Waals surface area (Å²) in [5.41, 5.74) is 0. The monoisotopic (exact) mass is 322 g/mol. The average Bonchev–Trinajstić information content (AvgIpc) is 2.33. The predicted octanol–water partition coefficient (Wildman–Crippen LogP) is 5.04. The minimum absolute atomic E-state index is 0.449. The summed E-state index contributed by atoms with van der Waals surface area (Å²) in [5.74, 6) is 1.00. The highest BCUT2D eigenvalue weighted by Crippen LogP contribution is 2.24. The zero-order valence-electron chi connectivity index (χ0n) is 9.92. The maximum absolute atomic E-state index is 9.67. The Kier molecular flexibility index (Phi) is 7.24. The molecule has 0 aromatic heterocycles. The van der Waals surface area contributed by atoms with E-state index in [0.29, 0.717) is 6.10 Å². The predicted molar refractivity (Wildman–Crippen MR) is 70.7 cm³/mol. The van der Waals surface area contributed by atoms with Gasteiger partial charge in [0.15, 0.2) is 0 Å². The maximum Gasteiger partial charge on any atom is 0.762 e. The van der Waals surface area contributed by atoms with Gasteiger partial charge in [0.05, 0.1) is 6.10 Å². The van der Waals surface area contributed by atoms with Crippen molar-refractivity contribution in [3.8, 4) is 5.75 Å². The van der Waals surface area contributed by atoms with E-state index in [2.05, 4.69) is 15.9 Å². The highest BCUT2D eigenvalue weighted by molar-refractivity contribution is 9.10. The zero-order valence-corrected chi connectivity index (χ0v) is 11.5. The van der Waals surface area contributed by atoms with Gasteiger partial charge in [-0.2, -0.15) is 0 Å². The molecule has 2 rings (SSSR count). The second-order valence-electron chi connectivity index (χ2n) is 4.08. The Bertz CT molecular complexity index is 326. The summed E-state index contributed by atoms with van der Waals surface area (Å²) in [6.07, 6.45) is 6.90. The SMILES string of the molecule is Brc1ccc(OC2CCCCC2)cc1.FB(F)F. The molecule has 0 spiro atoms. The van der Waals surface area contributed by atoms with Crippen LogP contribution < -0.4 is 4.74 Å². The molecule has 1 nitrogen and oxygen atoms in total. The molecule has 0 unspecified atom stereocenters. The Morgan fingerprint density at radius 2 is 1.50 bits per heavy atom. The Labute approximate surface area is 114 Å². The zero-order chi connectivity index (χ0) is 13.4. The third-order valence-electron chi connectivity index (χ3n) is 2.67. The quantitative estimate of drug-likeness (QED) is 0.693. The van der Waals surface area contributed by atoms with Crippen molar-refractivity contribution >= 4 is 23.5 Å². The van der Waals surface area contributed by atoms with E-state index in [0.717, 1.165) is 10.2 Å². The third-order valence-corrected chi connectivity index (χ3v) is 3.20. The van der Waals surface area contributed by atoms with E-state index in [1.807, 2.05) is 24.3 Å². The van der Waals surface area contributed by atoms with Crippen molar-refractivity contribution in [1.29, 1.82) is 0 Å². The molecule has 0 aliphatic heterocycles. The van der Waals surface area contributed by atoms with Crippen LogP contribution in [0.2, 0.25) is 0 Å². The summed E-state index contributed by atoms with van der Waals surface area (Å²) in [7, 11) is -3.67. The largest absolute Gasteiger partial charge is 0.762 e. The number of ether oxygens (including phenoxy) is 1. The van der Waals surface area contributed by atoms with E-state index >= 15 is 0 Å². The van der Waals surface area contributed by atoms with Gasteiger partial charge in [0.1, 0.15) is 5.75 Å². The first-order chi connectivity index (χ1) is 8.58. The smallest absolute Gasteiger partial charge is 0.490 e. The topological polar surface area (TPSA) is 9.23 Å². The molecule has 0 bridgehead atoms. The van der Waals surface area contributed by atoms with Gasteiger partial charge < -0.3 is 4.74 Å². The first kappa shape index (κ1) is 15.4. The molecule has 1 aliphatic carbocycles. The first-order valence-corrected chi connectivity index (χ1v) is 6.71. The molecule has 18 heavy (non-hydrogen) atoms. The van der Waals surface area contributed by atoms with E-state index < -0.39 is 7.54 Å². The minimum Gasteiger partial charge on any atom is -0.490 e. The normalized spacial score (nSPS) is 15.6.